The van der Waals surface area contributed by atoms with Crippen LogP contribution in [-0.4, -0.2) is 33.4 Å². The number of H-pyrrole nitrogens is 1. The molecular formula is C22H27N3O2. The van der Waals surface area contributed by atoms with E-state index in [2.05, 4.69) is 14.9 Å². The minimum Gasteiger partial charge on any atom is -0.339 e. The fourth-order valence-corrected chi connectivity index (χ4v) is 5.89. The van der Waals surface area contributed by atoms with Crippen molar-refractivity contribution < 1.29 is 4.79 Å². The third kappa shape index (κ3) is 3.28. The number of amides is 1. The average Bonchev–Trinajstić information content (AvgIpc) is 2.85. The molecule has 4 bridgehead atoms. The van der Waals surface area contributed by atoms with Crippen molar-refractivity contribution in [2.24, 2.45) is 17.8 Å². The van der Waals surface area contributed by atoms with Crippen LogP contribution in [0, 0.1) is 17.8 Å². The SMILES string of the molecule is O=C(CCCc1nc2ccccc2c(=O)[nH]1)N1CC2C[C@@H]3CC1C[C@H](C2)C3. The molecule has 1 aromatic carbocycles. The number of aryl methyl sites for hydroxylation is 1. The summed E-state index contributed by atoms with van der Waals surface area (Å²) in [6, 6.07) is 7.87. The first-order chi connectivity index (χ1) is 13.2. The summed E-state index contributed by atoms with van der Waals surface area (Å²) in [5.74, 6) is 3.43. The van der Waals surface area contributed by atoms with Crippen LogP contribution in [0.3, 0.4) is 0 Å². The lowest BCUT2D eigenvalue weighted by atomic mass is 9.68. The summed E-state index contributed by atoms with van der Waals surface area (Å²) in [5.41, 5.74) is 0.630. The van der Waals surface area contributed by atoms with E-state index in [0.717, 1.165) is 36.2 Å². The second kappa shape index (κ2) is 6.77. The zero-order chi connectivity index (χ0) is 18.4. The van der Waals surface area contributed by atoms with Crippen LogP contribution >= 0.6 is 0 Å². The van der Waals surface area contributed by atoms with E-state index in [4.69, 9.17) is 0 Å². The number of carbonyl (C=O) groups excluding carboxylic acids is 1. The van der Waals surface area contributed by atoms with Gasteiger partial charge in [-0.2, -0.15) is 0 Å². The van der Waals surface area contributed by atoms with Crippen molar-refractivity contribution in [1.82, 2.24) is 14.9 Å². The quantitative estimate of drug-likeness (QED) is 0.904. The van der Waals surface area contributed by atoms with Gasteiger partial charge in [-0.3, -0.25) is 9.59 Å². The fraction of sp³-hybridized carbons (Fsp3) is 0.591. The van der Waals surface area contributed by atoms with Crippen LogP contribution in [0.5, 0.6) is 0 Å². The first-order valence-electron chi connectivity index (χ1n) is 10.4. The Morgan fingerprint density at radius 1 is 1.07 bits per heavy atom. The maximum absolute atomic E-state index is 12.9. The normalized spacial score (nSPS) is 29.3. The smallest absolute Gasteiger partial charge is 0.258 e. The van der Waals surface area contributed by atoms with Gasteiger partial charge in [0.05, 0.1) is 10.9 Å². The number of carbonyl (C=O) groups is 1. The summed E-state index contributed by atoms with van der Waals surface area (Å²) in [6.07, 6.45) is 8.43. The average molecular weight is 365 g/mol. The molecule has 4 aliphatic rings. The molecule has 2 saturated heterocycles. The van der Waals surface area contributed by atoms with Crippen molar-refractivity contribution in [3.63, 3.8) is 0 Å². The van der Waals surface area contributed by atoms with Crippen LogP contribution in [0.1, 0.15) is 50.8 Å². The van der Waals surface area contributed by atoms with Crippen LogP contribution in [0.4, 0.5) is 0 Å². The standard InChI is InChI=1S/C22H27N3O2/c26-21(25-13-16-9-14-8-15(10-16)12-17(25)11-14)7-3-6-20-23-19-5-2-1-4-18(19)22(27)24-20/h1-2,4-5,14-17H,3,6-13H2,(H,23,24,27)/t14-,15+,16?,17?. The topological polar surface area (TPSA) is 66.1 Å². The van der Waals surface area contributed by atoms with Crippen molar-refractivity contribution in [3.8, 4) is 0 Å². The van der Waals surface area contributed by atoms with Crippen LogP contribution in [0.2, 0.25) is 0 Å². The van der Waals surface area contributed by atoms with Gasteiger partial charge in [0.2, 0.25) is 5.91 Å². The second-order valence-electron chi connectivity index (χ2n) is 8.86. The lowest BCUT2D eigenvalue weighted by Gasteiger charge is -2.39. The van der Waals surface area contributed by atoms with Crippen LogP contribution in [-0.2, 0) is 11.2 Å². The molecule has 5 heteroatoms. The van der Waals surface area contributed by atoms with Gasteiger partial charge in [0.25, 0.3) is 5.56 Å². The predicted octanol–water partition coefficient (Wildman–Crippen LogP) is 3.28. The minimum absolute atomic E-state index is 0.0949. The second-order valence-corrected chi connectivity index (χ2v) is 8.86. The van der Waals surface area contributed by atoms with E-state index in [1.165, 1.54) is 32.1 Å². The Balaban J connectivity index is 1.23. The first kappa shape index (κ1) is 17.0. The van der Waals surface area contributed by atoms with Gasteiger partial charge < -0.3 is 9.88 Å². The van der Waals surface area contributed by atoms with E-state index in [1.807, 2.05) is 18.2 Å². The van der Waals surface area contributed by atoms with Crippen molar-refractivity contribution in [3.05, 3.63) is 40.4 Å². The maximum Gasteiger partial charge on any atom is 0.258 e. The third-order valence-electron chi connectivity index (χ3n) is 6.89. The summed E-state index contributed by atoms with van der Waals surface area (Å²) in [7, 11) is 0. The van der Waals surface area contributed by atoms with Gasteiger partial charge in [-0.15, -0.1) is 0 Å². The van der Waals surface area contributed by atoms with Crippen molar-refractivity contribution in [2.75, 3.05) is 6.54 Å². The molecule has 2 aliphatic carbocycles. The number of para-hydroxylation sites is 1. The highest BCUT2D eigenvalue weighted by Crippen LogP contribution is 2.47. The van der Waals surface area contributed by atoms with Gasteiger partial charge in [0.15, 0.2) is 0 Å². The van der Waals surface area contributed by atoms with Crippen LogP contribution in [0.25, 0.3) is 10.9 Å². The van der Waals surface area contributed by atoms with Crippen molar-refractivity contribution in [2.45, 2.75) is 57.4 Å². The molecule has 5 nitrogen and oxygen atoms in total. The van der Waals surface area contributed by atoms with Gasteiger partial charge >= 0.3 is 0 Å². The lowest BCUT2D eigenvalue weighted by molar-refractivity contribution is -0.134. The Hall–Kier alpha value is -2.17. The van der Waals surface area contributed by atoms with Gasteiger partial charge in [-0.05, 0) is 68.4 Å². The van der Waals surface area contributed by atoms with E-state index in [9.17, 15) is 9.59 Å². The number of nitrogens with one attached hydrogen (secondary N) is 1. The maximum atomic E-state index is 12.9. The Kier molecular flexibility index (Phi) is 4.25. The monoisotopic (exact) mass is 365 g/mol. The number of rotatable bonds is 4. The zero-order valence-electron chi connectivity index (χ0n) is 15.7. The number of aromatic nitrogens is 2. The molecule has 27 heavy (non-hydrogen) atoms. The zero-order valence-corrected chi connectivity index (χ0v) is 15.7. The highest BCUT2D eigenvalue weighted by atomic mass is 16.2. The third-order valence-corrected chi connectivity index (χ3v) is 6.89. The molecule has 1 N–H and O–H groups in total. The van der Waals surface area contributed by atoms with Crippen LogP contribution < -0.4 is 5.56 Å². The Labute approximate surface area is 159 Å². The fourth-order valence-electron chi connectivity index (χ4n) is 5.89. The van der Waals surface area contributed by atoms with Gasteiger partial charge in [0, 0.05) is 25.4 Å². The van der Waals surface area contributed by atoms with Gasteiger partial charge in [-0.1, -0.05) is 12.1 Å². The summed E-state index contributed by atoms with van der Waals surface area (Å²) < 4.78 is 0. The summed E-state index contributed by atoms with van der Waals surface area (Å²) >= 11 is 0. The molecule has 2 unspecified atom stereocenters. The summed E-state index contributed by atoms with van der Waals surface area (Å²) in [4.78, 5) is 34.7. The molecular weight excluding hydrogens is 338 g/mol. The molecule has 2 aromatic rings. The van der Waals surface area contributed by atoms with E-state index >= 15 is 0 Å². The molecule has 4 atom stereocenters. The molecule has 0 radical (unpaired) electrons. The minimum atomic E-state index is -0.0949. The summed E-state index contributed by atoms with van der Waals surface area (Å²) in [6.45, 7) is 0.974. The molecule has 6 rings (SSSR count). The van der Waals surface area contributed by atoms with Crippen molar-refractivity contribution in [1.29, 1.82) is 0 Å². The highest BCUT2D eigenvalue weighted by molar-refractivity contribution is 5.77. The number of hydrogen-bond acceptors (Lipinski definition) is 3. The Bertz CT molecular complexity index is 907. The first-order valence-corrected chi connectivity index (χ1v) is 10.4. The molecule has 3 heterocycles. The van der Waals surface area contributed by atoms with Gasteiger partial charge in [-0.25, -0.2) is 4.98 Å². The van der Waals surface area contributed by atoms with Gasteiger partial charge in [0.1, 0.15) is 5.82 Å². The number of benzene rings is 1. The number of aromatic amines is 1. The predicted molar refractivity (Wildman–Crippen MR) is 104 cm³/mol. The molecule has 1 aromatic heterocycles. The molecule has 1 amide bonds. The Morgan fingerprint density at radius 2 is 1.81 bits per heavy atom. The molecule has 2 saturated carbocycles. The van der Waals surface area contributed by atoms with Crippen molar-refractivity contribution >= 4 is 16.8 Å². The highest BCUT2D eigenvalue weighted by Gasteiger charge is 2.43. The molecule has 2 aliphatic heterocycles. The van der Waals surface area contributed by atoms with E-state index in [0.29, 0.717) is 36.0 Å². The molecule has 142 valence electrons. The lowest BCUT2D eigenvalue weighted by Crippen LogP contribution is -2.42. The van der Waals surface area contributed by atoms with E-state index in [1.54, 1.807) is 6.07 Å². The van der Waals surface area contributed by atoms with E-state index in [-0.39, 0.29) is 5.56 Å². The Morgan fingerprint density at radius 3 is 2.63 bits per heavy atom. The number of nitrogens with zero attached hydrogens (tertiary/aromatic N) is 2. The summed E-state index contributed by atoms with van der Waals surface area (Å²) in [5, 5.41) is 0.618. The van der Waals surface area contributed by atoms with Crippen LogP contribution in [0.15, 0.2) is 29.1 Å². The van der Waals surface area contributed by atoms with E-state index < -0.39 is 0 Å². The largest absolute Gasteiger partial charge is 0.339 e. The number of hydrogen-bond donors (Lipinski definition) is 1. The number of fused-ring (bicyclic) bond motifs is 2. The molecule has 4 fully saturated rings. The molecule has 0 spiro atoms.